The predicted octanol–water partition coefficient (Wildman–Crippen LogP) is 0.502. The highest BCUT2D eigenvalue weighted by atomic mass is 32.2. The van der Waals surface area contributed by atoms with E-state index in [1.54, 1.807) is 0 Å². The molecule has 1 aliphatic heterocycles. The van der Waals surface area contributed by atoms with Gasteiger partial charge in [-0.05, 0) is 32.6 Å². The summed E-state index contributed by atoms with van der Waals surface area (Å²) in [6.07, 6.45) is 0.697. The Kier molecular flexibility index (Phi) is 4.17. The maximum Gasteiger partial charge on any atom is 0.312 e. The average Bonchev–Trinajstić information content (AvgIpc) is 2.88. The van der Waals surface area contributed by atoms with Crippen LogP contribution in [-0.4, -0.2) is 55.8 Å². The van der Waals surface area contributed by atoms with E-state index in [-0.39, 0.29) is 16.6 Å². The Labute approximate surface area is 123 Å². The van der Waals surface area contributed by atoms with Gasteiger partial charge in [0.15, 0.2) is 4.90 Å². The Morgan fingerprint density at radius 3 is 2.62 bits per heavy atom. The van der Waals surface area contributed by atoms with Crippen molar-refractivity contribution in [1.82, 2.24) is 9.21 Å². The van der Waals surface area contributed by atoms with E-state index in [9.17, 15) is 18.5 Å². The molecular formula is C12H18N4O4S. The molecule has 0 amide bonds. The molecule has 1 fully saturated rings. The van der Waals surface area contributed by atoms with Crippen molar-refractivity contribution in [2.75, 3.05) is 32.9 Å². The van der Waals surface area contributed by atoms with Gasteiger partial charge in [-0.1, -0.05) is 6.07 Å². The van der Waals surface area contributed by atoms with Crippen molar-refractivity contribution in [2.24, 2.45) is 0 Å². The number of nitrogens with two attached hydrogens (primary N) is 1. The molecule has 1 aromatic rings. The molecule has 0 spiro atoms. The Bertz CT molecular complexity index is 659. The maximum atomic E-state index is 12.6. The highest BCUT2D eigenvalue weighted by molar-refractivity contribution is 7.89. The van der Waals surface area contributed by atoms with Gasteiger partial charge in [0.25, 0.3) is 0 Å². The van der Waals surface area contributed by atoms with Crippen LogP contribution in [0.15, 0.2) is 23.1 Å². The molecule has 2 N–H and O–H groups in total. The van der Waals surface area contributed by atoms with Crippen molar-refractivity contribution in [3.8, 4) is 0 Å². The number of nitrogen functional groups attached to an aromatic ring is 1. The fraction of sp³-hybridized carbons (Fsp3) is 0.500. The van der Waals surface area contributed by atoms with Gasteiger partial charge in [0.05, 0.1) is 4.92 Å². The number of hydrogen-bond acceptors (Lipinski definition) is 6. The van der Waals surface area contributed by atoms with Gasteiger partial charge in [0.2, 0.25) is 10.0 Å². The first kappa shape index (κ1) is 15.7. The van der Waals surface area contributed by atoms with Crippen LogP contribution in [0, 0.1) is 10.1 Å². The van der Waals surface area contributed by atoms with Gasteiger partial charge in [-0.2, -0.15) is 4.31 Å². The van der Waals surface area contributed by atoms with Crippen molar-refractivity contribution in [2.45, 2.75) is 17.4 Å². The molecule has 0 bridgehead atoms. The van der Waals surface area contributed by atoms with E-state index in [0.717, 1.165) is 0 Å². The second-order valence-corrected chi connectivity index (χ2v) is 7.13. The predicted molar refractivity (Wildman–Crippen MR) is 78.4 cm³/mol. The number of para-hydroxylation sites is 1. The summed E-state index contributed by atoms with van der Waals surface area (Å²) in [4.78, 5) is 12.0. The van der Waals surface area contributed by atoms with E-state index in [1.807, 2.05) is 19.0 Å². The van der Waals surface area contributed by atoms with E-state index in [1.165, 1.54) is 22.5 Å². The number of hydrogen-bond donors (Lipinski definition) is 1. The van der Waals surface area contributed by atoms with Crippen molar-refractivity contribution in [1.29, 1.82) is 0 Å². The third-order valence-corrected chi connectivity index (χ3v) is 5.58. The zero-order chi connectivity index (χ0) is 15.8. The summed E-state index contributed by atoms with van der Waals surface area (Å²) in [5.41, 5.74) is 4.86. The van der Waals surface area contributed by atoms with Crippen LogP contribution in [0.25, 0.3) is 0 Å². The molecule has 0 aromatic heterocycles. The summed E-state index contributed by atoms with van der Waals surface area (Å²) in [5.74, 6) is 0. The average molecular weight is 314 g/mol. The van der Waals surface area contributed by atoms with Gasteiger partial charge in [0, 0.05) is 19.1 Å². The van der Waals surface area contributed by atoms with E-state index in [2.05, 4.69) is 0 Å². The molecule has 8 nitrogen and oxygen atoms in total. The summed E-state index contributed by atoms with van der Waals surface area (Å²) in [6.45, 7) is 0.665. The normalized spacial score (nSPS) is 20.0. The third kappa shape index (κ3) is 2.85. The topological polar surface area (TPSA) is 110 Å². The Morgan fingerprint density at radius 1 is 1.43 bits per heavy atom. The second-order valence-electron chi connectivity index (χ2n) is 5.22. The molecule has 0 aliphatic carbocycles. The molecule has 0 saturated carbocycles. The van der Waals surface area contributed by atoms with Crippen molar-refractivity contribution >= 4 is 21.4 Å². The molecule has 1 atom stereocenters. The minimum atomic E-state index is -3.92. The number of sulfonamides is 1. The van der Waals surface area contributed by atoms with Gasteiger partial charge in [-0.15, -0.1) is 0 Å². The van der Waals surface area contributed by atoms with Crippen LogP contribution in [0.4, 0.5) is 11.4 Å². The lowest BCUT2D eigenvalue weighted by atomic mass is 10.2. The highest BCUT2D eigenvalue weighted by Gasteiger charge is 2.37. The highest BCUT2D eigenvalue weighted by Crippen LogP contribution is 2.33. The maximum absolute atomic E-state index is 12.6. The minimum absolute atomic E-state index is 0.111. The van der Waals surface area contributed by atoms with E-state index < -0.39 is 20.6 Å². The fourth-order valence-electron chi connectivity index (χ4n) is 2.43. The van der Waals surface area contributed by atoms with Crippen LogP contribution in [0.1, 0.15) is 6.42 Å². The number of nitrogens with zero attached hydrogens (tertiary/aromatic N) is 3. The number of nitro benzene ring substituents is 1. The molecule has 1 unspecified atom stereocenters. The van der Waals surface area contributed by atoms with Crippen LogP contribution in [0.5, 0.6) is 0 Å². The summed E-state index contributed by atoms with van der Waals surface area (Å²) < 4.78 is 26.5. The SMILES string of the molecule is CN(C)C1CCN(S(=O)(=O)c2cccc(N)c2[N+](=O)[O-])C1. The number of anilines is 1. The third-order valence-electron chi connectivity index (χ3n) is 3.69. The smallest absolute Gasteiger partial charge is 0.312 e. The van der Waals surface area contributed by atoms with Crippen LogP contribution >= 0.6 is 0 Å². The summed E-state index contributed by atoms with van der Waals surface area (Å²) in [5, 5.41) is 11.1. The molecule has 1 aromatic carbocycles. The molecule has 9 heteroatoms. The van der Waals surface area contributed by atoms with Gasteiger partial charge >= 0.3 is 5.69 Å². The molecule has 1 aliphatic rings. The number of likely N-dealkylation sites (N-methyl/N-ethyl adjacent to an activating group) is 1. The molecule has 1 heterocycles. The van der Waals surface area contributed by atoms with Crippen molar-refractivity contribution in [3.05, 3.63) is 28.3 Å². The zero-order valence-electron chi connectivity index (χ0n) is 11.9. The van der Waals surface area contributed by atoms with Gasteiger partial charge in [-0.3, -0.25) is 10.1 Å². The van der Waals surface area contributed by atoms with Crippen LogP contribution in [0.2, 0.25) is 0 Å². The molecular weight excluding hydrogens is 296 g/mol. The minimum Gasteiger partial charge on any atom is -0.393 e. The largest absolute Gasteiger partial charge is 0.393 e. The lowest BCUT2D eigenvalue weighted by Crippen LogP contribution is -2.34. The fourth-order valence-corrected chi connectivity index (χ4v) is 4.11. The summed E-state index contributed by atoms with van der Waals surface area (Å²) in [7, 11) is -0.161. The first-order chi connectivity index (χ1) is 9.75. The van der Waals surface area contributed by atoms with Gasteiger partial charge in [0.1, 0.15) is 5.69 Å². The zero-order valence-corrected chi connectivity index (χ0v) is 12.7. The summed E-state index contributed by atoms with van der Waals surface area (Å²) in [6, 6.07) is 4.07. The first-order valence-electron chi connectivity index (χ1n) is 6.44. The number of benzene rings is 1. The monoisotopic (exact) mass is 314 g/mol. The van der Waals surface area contributed by atoms with Gasteiger partial charge in [-0.25, -0.2) is 8.42 Å². The van der Waals surface area contributed by atoms with Crippen LogP contribution in [-0.2, 0) is 10.0 Å². The number of nitro groups is 1. The van der Waals surface area contributed by atoms with E-state index >= 15 is 0 Å². The molecule has 116 valence electrons. The Morgan fingerprint density at radius 2 is 2.10 bits per heavy atom. The van der Waals surface area contributed by atoms with Gasteiger partial charge < -0.3 is 10.6 Å². The number of rotatable bonds is 4. The molecule has 21 heavy (non-hydrogen) atoms. The standard InChI is InChI=1S/C12H18N4O4S/c1-14(2)9-6-7-15(8-9)21(19,20)11-5-3-4-10(13)12(11)16(17)18/h3-5,9H,6-8,13H2,1-2H3. The molecule has 1 saturated heterocycles. The van der Waals surface area contributed by atoms with Crippen LogP contribution < -0.4 is 5.73 Å². The quantitative estimate of drug-likeness (QED) is 0.492. The van der Waals surface area contributed by atoms with Crippen LogP contribution in [0.3, 0.4) is 0 Å². The molecule has 2 rings (SSSR count). The molecule has 0 radical (unpaired) electrons. The Balaban J connectivity index is 2.42. The lowest BCUT2D eigenvalue weighted by Gasteiger charge is -2.20. The van der Waals surface area contributed by atoms with Crippen molar-refractivity contribution < 1.29 is 13.3 Å². The van der Waals surface area contributed by atoms with E-state index in [0.29, 0.717) is 19.5 Å². The first-order valence-corrected chi connectivity index (χ1v) is 7.88. The Hall–Kier alpha value is -1.71. The lowest BCUT2D eigenvalue weighted by molar-refractivity contribution is -0.386. The van der Waals surface area contributed by atoms with E-state index in [4.69, 9.17) is 5.73 Å². The second kappa shape index (κ2) is 5.58. The summed E-state index contributed by atoms with van der Waals surface area (Å²) >= 11 is 0. The van der Waals surface area contributed by atoms with Crippen molar-refractivity contribution in [3.63, 3.8) is 0 Å².